The fraction of sp³-hybridized carbons (Fsp3) is 0.474. The molecule has 0 bridgehead atoms. The average molecular weight is 342 g/mol. The molecular formula is C19H26N4O2. The lowest BCUT2D eigenvalue weighted by molar-refractivity contribution is 0.0565. The van der Waals surface area contributed by atoms with E-state index in [4.69, 9.17) is 0 Å². The van der Waals surface area contributed by atoms with Crippen LogP contribution in [-0.2, 0) is 6.54 Å². The first-order chi connectivity index (χ1) is 12.1. The summed E-state index contributed by atoms with van der Waals surface area (Å²) in [4.78, 5) is 13.9. The highest BCUT2D eigenvalue weighted by Crippen LogP contribution is 2.24. The van der Waals surface area contributed by atoms with Crippen molar-refractivity contribution in [2.75, 3.05) is 13.6 Å². The van der Waals surface area contributed by atoms with Gasteiger partial charge in [0.2, 0.25) is 0 Å². The Kier molecular flexibility index (Phi) is 5.71. The first-order valence-electron chi connectivity index (χ1n) is 8.89. The average Bonchev–Trinajstić information content (AvgIpc) is 3.16. The van der Waals surface area contributed by atoms with Crippen LogP contribution in [0.3, 0.4) is 0 Å². The number of rotatable bonds is 5. The molecule has 0 spiro atoms. The van der Waals surface area contributed by atoms with Crippen LogP contribution >= 0.6 is 0 Å². The number of hydrogen-bond acceptors (Lipinski definition) is 3. The van der Waals surface area contributed by atoms with Gasteiger partial charge in [-0.15, -0.1) is 0 Å². The molecule has 6 nitrogen and oxygen atoms in total. The van der Waals surface area contributed by atoms with Gasteiger partial charge in [-0.25, -0.2) is 9.48 Å². The second-order valence-electron chi connectivity index (χ2n) is 6.77. The van der Waals surface area contributed by atoms with Crippen molar-refractivity contribution in [3.8, 4) is 5.69 Å². The molecule has 1 fully saturated rings. The Labute approximate surface area is 148 Å². The summed E-state index contributed by atoms with van der Waals surface area (Å²) in [6, 6.07) is 9.72. The minimum Gasteiger partial charge on any atom is -0.393 e. The number of aliphatic hydroxyl groups is 1. The Morgan fingerprint density at radius 3 is 2.76 bits per heavy atom. The smallest absolute Gasteiger partial charge is 0.317 e. The van der Waals surface area contributed by atoms with E-state index in [1.807, 2.05) is 36.5 Å². The topological polar surface area (TPSA) is 70.4 Å². The van der Waals surface area contributed by atoms with Gasteiger partial charge in [0, 0.05) is 38.4 Å². The molecule has 2 N–H and O–H groups in total. The molecular weight excluding hydrogens is 316 g/mol. The number of benzene rings is 1. The van der Waals surface area contributed by atoms with Crippen LogP contribution in [-0.4, -0.2) is 45.5 Å². The largest absolute Gasteiger partial charge is 0.393 e. The van der Waals surface area contributed by atoms with E-state index in [0.717, 1.165) is 36.9 Å². The number of aromatic nitrogens is 2. The molecule has 1 saturated carbocycles. The number of urea groups is 1. The summed E-state index contributed by atoms with van der Waals surface area (Å²) in [7, 11) is 1.79. The number of nitrogens with zero attached hydrogens (tertiary/aromatic N) is 3. The maximum Gasteiger partial charge on any atom is 0.317 e. The quantitative estimate of drug-likeness (QED) is 0.877. The third-order valence-electron chi connectivity index (χ3n) is 4.87. The van der Waals surface area contributed by atoms with Crippen LogP contribution in [0, 0.1) is 5.92 Å². The van der Waals surface area contributed by atoms with Crippen molar-refractivity contribution in [2.24, 2.45) is 5.92 Å². The maximum absolute atomic E-state index is 12.3. The van der Waals surface area contributed by atoms with Crippen molar-refractivity contribution in [3.63, 3.8) is 0 Å². The predicted octanol–water partition coefficient (Wildman–Crippen LogP) is 2.56. The van der Waals surface area contributed by atoms with E-state index in [1.54, 1.807) is 22.8 Å². The molecule has 6 heteroatoms. The third-order valence-corrected chi connectivity index (χ3v) is 4.87. The first-order valence-corrected chi connectivity index (χ1v) is 8.89. The number of hydrogen-bond donors (Lipinski definition) is 2. The van der Waals surface area contributed by atoms with Gasteiger partial charge in [0.1, 0.15) is 0 Å². The van der Waals surface area contributed by atoms with E-state index in [0.29, 0.717) is 13.1 Å². The van der Waals surface area contributed by atoms with Crippen molar-refractivity contribution in [1.29, 1.82) is 0 Å². The lowest BCUT2D eigenvalue weighted by atomic mass is 9.86. The molecule has 1 aliphatic carbocycles. The van der Waals surface area contributed by atoms with Crippen molar-refractivity contribution < 1.29 is 9.90 Å². The van der Waals surface area contributed by atoms with E-state index in [-0.39, 0.29) is 18.1 Å². The van der Waals surface area contributed by atoms with Gasteiger partial charge in [0.15, 0.2) is 0 Å². The van der Waals surface area contributed by atoms with Gasteiger partial charge in [-0.05, 0) is 36.6 Å². The third kappa shape index (κ3) is 4.60. The fourth-order valence-electron chi connectivity index (χ4n) is 3.34. The van der Waals surface area contributed by atoms with Crippen molar-refractivity contribution in [2.45, 2.75) is 38.3 Å². The van der Waals surface area contributed by atoms with Crippen LogP contribution < -0.4 is 5.32 Å². The van der Waals surface area contributed by atoms with Crippen LogP contribution in [0.5, 0.6) is 0 Å². The molecule has 134 valence electrons. The lowest BCUT2D eigenvalue weighted by Crippen LogP contribution is -2.42. The Morgan fingerprint density at radius 1 is 1.32 bits per heavy atom. The Bertz CT molecular complexity index is 669. The standard InChI is InChI=1S/C19H26N4O2/c1-22(14-16-5-2-3-6-18(16)24)19(25)20-13-15-7-9-17(10-8-15)23-12-4-11-21-23/h4,7-12,16,18,24H,2-3,5-6,13-14H2,1H3,(H,20,25). The Balaban J connectivity index is 1.48. The van der Waals surface area contributed by atoms with Crippen LogP contribution in [0.15, 0.2) is 42.7 Å². The number of nitrogens with one attached hydrogen (secondary N) is 1. The second-order valence-corrected chi connectivity index (χ2v) is 6.77. The van der Waals surface area contributed by atoms with Crippen LogP contribution in [0.25, 0.3) is 5.69 Å². The molecule has 2 atom stereocenters. The fourth-order valence-corrected chi connectivity index (χ4v) is 3.34. The van der Waals surface area contributed by atoms with Gasteiger partial charge in [-0.2, -0.15) is 5.10 Å². The summed E-state index contributed by atoms with van der Waals surface area (Å²) in [5, 5.41) is 17.2. The van der Waals surface area contributed by atoms with Gasteiger partial charge in [-0.1, -0.05) is 25.0 Å². The zero-order valence-corrected chi connectivity index (χ0v) is 14.6. The summed E-state index contributed by atoms with van der Waals surface area (Å²) in [6.45, 7) is 1.08. The normalized spacial score (nSPS) is 20.2. The number of carbonyl (C=O) groups is 1. The van der Waals surface area contributed by atoms with Crippen molar-refractivity contribution in [3.05, 3.63) is 48.3 Å². The zero-order valence-electron chi connectivity index (χ0n) is 14.6. The highest BCUT2D eigenvalue weighted by atomic mass is 16.3. The molecule has 1 aromatic heterocycles. The molecule has 2 aromatic rings. The first kappa shape index (κ1) is 17.5. The van der Waals surface area contributed by atoms with Crippen LogP contribution in [0.4, 0.5) is 4.79 Å². The van der Waals surface area contributed by atoms with Gasteiger partial charge < -0.3 is 15.3 Å². The van der Waals surface area contributed by atoms with E-state index in [9.17, 15) is 9.90 Å². The summed E-state index contributed by atoms with van der Waals surface area (Å²) in [6.07, 6.45) is 7.43. The van der Waals surface area contributed by atoms with Gasteiger partial charge >= 0.3 is 6.03 Å². The summed E-state index contributed by atoms with van der Waals surface area (Å²) in [5.74, 6) is 0.192. The van der Waals surface area contributed by atoms with Crippen LogP contribution in [0.2, 0.25) is 0 Å². The lowest BCUT2D eigenvalue weighted by Gasteiger charge is -2.31. The number of aliphatic hydroxyl groups excluding tert-OH is 1. The minimum absolute atomic E-state index is 0.103. The summed E-state index contributed by atoms with van der Waals surface area (Å²) in [5.41, 5.74) is 2.03. The van der Waals surface area contributed by atoms with E-state index < -0.39 is 0 Å². The molecule has 0 radical (unpaired) electrons. The molecule has 2 amide bonds. The molecule has 0 aliphatic heterocycles. The monoisotopic (exact) mass is 342 g/mol. The van der Waals surface area contributed by atoms with E-state index in [1.165, 1.54) is 0 Å². The minimum atomic E-state index is -0.279. The Hall–Kier alpha value is -2.34. The predicted molar refractivity (Wildman–Crippen MR) is 96.4 cm³/mol. The summed E-state index contributed by atoms with van der Waals surface area (Å²) < 4.78 is 1.80. The highest BCUT2D eigenvalue weighted by molar-refractivity contribution is 5.73. The van der Waals surface area contributed by atoms with Gasteiger partial charge in [0.25, 0.3) is 0 Å². The molecule has 1 aliphatic rings. The van der Waals surface area contributed by atoms with Crippen molar-refractivity contribution in [1.82, 2.24) is 20.0 Å². The maximum atomic E-state index is 12.3. The number of amides is 2. The molecule has 2 unspecified atom stereocenters. The van der Waals surface area contributed by atoms with Gasteiger partial charge in [-0.3, -0.25) is 0 Å². The number of carbonyl (C=O) groups excluding carboxylic acids is 1. The van der Waals surface area contributed by atoms with E-state index >= 15 is 0 Å². The van der Waals surface area contributed by atoms with Crippen LogP contribution in [0.1, 0.15) is 31.2 Å². The molecule has 25 heavy (non-hydrogen) atoms. The second kappa shape index (κ2) is 8.16. The highest BCUT2D eigenvalue weighted by Gasteiger charge is 2.25. The SMILES string of the molecule is CN(CC1CCCCC1O)C(=O)NCc1ccc(-n2cccn2)cc1. The zero-order chi connectivity index (χ0) is 17.6. The molecule has 3 rings (SSSR count). The molecule has 1 aromatic carbocycles. The van der Waals surface area contributed by atoms with E-state index in [2.05, 4.69) is 10.4 Å². The molecule has 1 heterocycles. The van der Waals surface area contributed by atoms with Crippen molar-refractivity contribution >= 4 is 6.03 Å². The summed E-state index contributed by atoms with van der Waals surface area (Å²) >= 11 is 0. The van der Waals surface area contributed by atoms with Gasteiger partial charge in [0.05, 0.1) is 11.8 Å². The Morgan fingerprint density at radius 2 is 2.08 bits per heavy atom. The molecule has 0 saturated heterocycles.